The first-order chi connectivity index (χ1) is 24.7. The fraction of sp³-hybridized carbons (Fsp3) is 0. The van der Waals surface area contributed by atoms with E-state index in [1.165, 1.54) is 0 Å². The predicted molar refractivity (Wildman–Crippen MR) is 204 cm³/mol. The van der Waals surface area contributed by atoms with Gasteiger partial charge < -0.3 is 4.42 Å². The Hall–Kier alpha value is -6.65. The summed E-state index contributed by atoms with van der Waals surface area (Å²) in [4.78, 5) is 9.92. The van der Waals surface area contributed by atoms with Crippen LogP contribution in [0.1, 0.15) is 0 Å². The molecule has 0 amide bonds. The SMILES string of the molecule is Fc1cc(-c2c3ccccc3c(-c3cccc4c3oc3ccccc34)c3ccccc23)ccc1-c1nc2ccccc2nc1-c1ccccc1. The van der Waals surface area contributed by atoms with Crippen molar-refractivity contribution in [1.29, 1.82) is 0 Å². The number of fused-ring (bicyclic) bond motifs is 6. The monoisotopic (exact) mass is 642 g/mol. The van der Waals surface area contributed by atoms with Crippen molar-refractivity contribution in [1.82, 2.24) is 9.97 Å². The normalized spacial score (nSPS) is 11.7. The summed E-state index contributed by atoms with van der Waals surface area (Å²) in [5.41, 5.74) is 9.57. The Balaban J connectivity index is 1.21. The van der Waals surface area contributed by atoms with Crippen LogP contribution in [0.15, 0.2) is 168 Å². The highest BCUT2D eigenvalue weighted by molar-refractivity contribution is 6.24. The van der Waals surface area contributed by atoms with Crippen LogP contribution in [0.2, 0.25) is 0 Å². The van der Waals surface area contributed by atoms with E-state index in [-0.39, 0.29) is 5.82 Å². The molecule has 8 aromatic carbocycles. The lowest BCUT2D eigenvalue weighted by molar-refractivity contribution is 0.631. The van der Waals surface area contributed by atoms with Gasteiger partial charge in [0.05, 0.1) is 16.7 Å². The second-order valence-corrected chi connectivity index (χ2v) is 12.6. The maximum Gasteiger partial charge on any atom is 0.143 e. The van der Waals surface area contributed by atoms with E-state index in [0.717, 1.165) is 82.3 Å². The molecule has 3 nitrogen and oxygen atoms in total. The van der Waals surface area contributed by atoms with Gasteiger partial charge in [0.2, 0.25) is 0 Å². The zero-order valence-corrected chi connectivity index (χ0v) is 26.8. The standard InChI is InChI=1S/C46H27FN2O/c47-38-27-29(25-26-36(38)45-44(28-13-2-1-3-14-28)48-39-22-9-10-23-40(39)49-45)42-31-16-4-6-18-33(31)43(34-19-7-5-17-32(34)42)37-21-12-20-35-30-15-8-11-24-41(30)50-46(35)37/h1-27H. The molecular weight excluding hydrogens is 616 g/mol. The average molecular weight is 643 g/mol. The summed E-state index contributed by atoms with van der Waals surface area (Å²) >= 11 is 0. The van der Waals surface area contributed by atoms with Crippen molar-refractivity contribution in [3.63, 3.8) is 0 Å². The molecule has 50 heavy (non-hydrogen) atoms. The van der Waals surface area contributed by atoms with Crippen molar-refractivity contribution in [3.05, 3.63) is 170 Å². The van der Waals surface area contributed by atoms with E-state index in [9.17, 15) is 0 Å². The van der Waals surface area contributed by atoms with Crippen molar-refractivity contribution in [2.24, 2.45) is 0 Å². The lowest BCUT2D eigenvalue weighted by Gasteiger charge is -2.18. The van der Waals surface area contributed by atoms with Crippen molar-refractivity contribution >= 4 is 54.5 Å². The van der Waals surface area contributed by atoms with Crippen LogP contribution < -0.4 is 0 Å². The fourth-order valence-electron chi connectivity index (χ4n) is 7.52. The molecule has 0 radical (unpaired) electrons. The molecular formula is C46H27FN2O. The van der Waals surface area contributed by atoms with Crippen LogP contribution in [0.3, 0.4) is 0 Å². The predicted octanol–water partition coefficient (Wildman–Crippen LogP) is 12.6. The number of halogens is 1. The molecule has 0 unspecified atom stereocenters. The number of benzene rings is 8. The summed E-state index contributed by atoms with van der Waals surface area (Å²) in [7, 11) is 0. The zero-order chi connectivity index (χ0) is 33.2. The van der Waals surface area contributed by atoms with E-state index >= 15 is 4.39 Å². The van der Waals surface area contributed by atoms with Gasteiger partial charge in [-0.2, -0.15) is 0 Å². The van der Waals surface area contributed by atoms with Crippen LogP contribution in [-0.2, 0) is 0 Å². The number of rotatable bonds is 4. The molecule has 10 rings (SSSR count). The van der Waals surface area contributed by atoms with E-state index < -0.39 is 0 Å². The van der Waals surface area contributed by atoms with Gasteiger partial charge in [0.1, 0.15) is 22.7 Å². The Morgan fingerprint density at radius 2 is 0.960 bits per heavy atom. The molecule has 0 saturated heterocycles. The van der Waals surface area contributed by atoms with Crippen LogP contribution in [0.4, 0.5) is 4.39 Å². The molecule has 10 aromatic rings. The van der Waals surface area contributed by atoms with Gasteiger partial charge in [0, 0.05) is 33.0 Å². The minimum absolute atomic E-state index is 0.353. The number of nitrogens with zero attached hydrogens (tertiary/aromatic N) is 2. The minimum Gasteiger partial charge on any atom is -0.455 e. The molecule has 0 aliphatic heterocycles. The molecule has 234 valence electrons. The summed E-state index contributed by atoms with van der Waals surface area (Å²) in [5, 5.41) is 6.40. The number of aromatic nitrogens is 2. The Bertz CT molecular complexity index is 2890. The third kappa shape index (κ3) is 4.35. The first kappa shape index (κ1) is 28.4. The molecule has 0 aliphatic carbocycles. The second kappa shape index (κ2) is 11.2. The molecule has 0 bridgehead atoms. The van der Waals surface area contributed by atoms with E-state index in [1.54, 1.807) is 6.07 Å². The van der Waals surface area contributed by atoms with Crippen molar-refractivity contribution in [2.75, 3.05) is 0 Å². The van der Waals surface area contributed by atoms with E-state index in [2.05, 4.69) is 60.7 Å². The first-order valence-corrected chi connectivity index (χ1v) is 16.7. The number of hydrogen-bond donors (Lipinski definition) is 0. The maximum absolute atomic E-state index is 16.7. The Morgan fingerprint density at radius 1 is 0.400 bits per heavy atom. The highest BCUT2D eigenvalue weighted by Crippen LogP contribution is 2.47. The van der Waals surface area contributed by atoms with Crippen LogP contribution in [0.5, 0.6) is 0 Å². The molecule has 0 aliphatic rings. The number of hydrogen-bond acceptors (Lipinski definition) is 3. The van der Waals surface area contributed by atoms with Gasteiger partial charge in [0.25, 0.3) is 0 Å². The minimum atomic E-state index is -0.353. The maximum atomic E-state index is 16.7. The largest absolute Gasteiger partial charge is 0.455 e. The highest BCUT2D eigenvalue weighted by atomic mass is 19.1. The summed E-state index contributed by atoms with van der Waals surface area (Å²) < 4.78 is 23.2. The van der Waals surface area contributed by atoms with E-state index in [0.29, 0.717) is 17.0 Å². The van der Waals surface area contributed by atoms with Gasteiger partial charge >= 0.3 is 0 Å². The quantitative estimate of drug-likeness (QED) is 0.179. The van der Waals surface area contributed by atoms with Gasteiger partial charge in [0.15, 0.2) is 0 Å². The van der Waals surface area contributed by atoms with E-state index in [4.69, 9.17) is 14.4 Å². The summed E-state index contributed by atoms with van der Waals surface area (Å²) in [6, 6.07) is 54.4. The van der Waals surface area contributed by atoms with Gasteiger partial charge in [-0.25, -0.2) is 14.4 Å². The van der Waals surface area contributed by atoms with Gasteiger partial charge in [-0.1, -0.05) is 133 Å². The second-order valence-electron chi connectivity index (χ2n) is 12.6. The third-order valence-corrected chi connectivity index (χ3v) is 9.74. The summed E-state index contributed by atoms with van der Waals surface area (Å²) in [6.07, 6.45) is 0. The lowest BCUT2D eigenvalue weighted by Crippen LogP contribution is -1.98. The van der Waals surface area contributed by atoms with Crippen LogP contribution in [0.25, 0.3) is 99.3 Å². The molecule has 0 fully saturated rings. The average Bonchev–Trinajstić information content (AvgIpc) is 3.56. The number of para-hydroxylation sites is 4. The topological polar surface area (TPSA) is 38.9 Å². The molecule has 2 heterocycles. The first-order valence-electron chi connectivity index (χ1n) is 16.7. The van der Waals surface area contributed by atoms with Crippen LogP contribution >= 0.6 is 0 Å². The van der Waals surface area contributed by atoms with Crippen molar-refractivity contribution in [3.8, 4) is 44.8 Å². The van der Waals surface area contributed by atoms with Gasteiger partial charge in [-0.15, -0.1) is 0 Å². The molecule has 2 aromatic heterocycles. The van der Waals surface area contributed by atoms with Gasteiger partial charge in [-0.3, -0.25) is 0 Å². The van der Waals surface area contributed by atoms with E-state index in [1.807, 2.05) is 97.1 Å². The van der Waals surface area contributed by atoms with Gasteiger partial charge in [-0.05, 0) is 63.0 Å². The van der Waals surface area contributed by atoms with Crippen LogP contribution in [0, 0.1) is 5.82 Å². The molecule has 0 N–H and O–H groups in total. The molecule has 4 heteroatoms. The van der Waals surface area contributed by atoms with Crippen molar-refractivity contribution in [2.45, 2.75) is 0 Å². The fourth-order valence-corrected chi connectivity index (χ4v) is 7.52. The third-order valence-electron chi connectivity index (χ3n) is 9.74. The molecule has 0 atom stereocenters. The van der Waals surface area contributed by atoms with Crippen molar-refractivity contribution < 1.29 is 8.81 Å². The Labute approximate surface area is 286 Å². The highest BCUT2D eigenvalue weighted by Gasteiger charge is 2.22. The lowest BCUT2D eigenvalue weighted by atomic mass is 9.85. The molecule has 0 saturated carbocycles. The Kier molecular flexibility index (Phi) is 6.36. The summed E-state index contributed by atoms with van der Waals surface area (Å²) in [5.74, 6) is -0.353. The smallest absolute Gasteiger partial charge is 0.143 e. The Morgan fingerprint density at radius 3 is 1.64 bits per heavy atom. The number of furan rings is 1. The van der Waals surface area contributed by atoms with Crippen LogP contribution in [-0.4, -0.2) is 9.97 Å². The molecule has 0 spiro atoms. The zero-order valence-electron chi connectivity index (χ0n) is 26.8. The summed E-state index contributed by atoms with van der Waals surface area (Å²) in [6.45, 7) is 0.